The van der Waals surface area contributed by atoms with Crippen LogP contribution in [0.25, 0.3) is 0 Å². The number of aliphatic carboxylic acids is 1. The lowest BCUT2D eigenvalue weighted by atomic mass is 10.0. The Hall–Kier alpha value is -2.11. The highest BCUT2D eigenvalue weighted by molar-refractivity contribution is 5.75. The molecule has 0 fully saturated rings. The van der Waals surface area contributed by atoms with E-state index in [1.165, 1.54) is 17.0 Å². The van der Waals surface area contributed by atoms with Crippen LogP contribution in [-0.4, -0.2) is 35.1 Å². The number of hydrogen-bond acceptors (Lipinski definition) is 2. The van der Waals surface area contributed by atoms with Gasteiger partial charge in [0.2, 0.25) is 0 Å². The van der Waals surface area contributed by atoms with Crippen LogP contribution in [0.1, 0.15) is 25.8 Å². The number of carboxylic acids is 1. The van der Waals surface area contributed by atoms with Gasteiger partial charge in [-0.2, -0.15) is 0 Å². The molecule has 2 amide bonds. The second-order valence-electron chi connectivity index (χ2n) is 5.38. The number of benzene rings is 1. The van der Waals surface area contributed by atoms with Gasteiger partial charge in [-0.1, -0.05) is 26.0 Å². The fourth-order valence-electron chi connectivity index (χ4n) is 1.85. The summed E-state index contributed by atoms with van der Waals surface area (Å²) in [6, 6.07) is 5.11. The Morgan fingerprint density at radius 1 is 1.29 bits per heavy atom. The van der Waals surface area contributed by atoms with E-state index in [1.54, 1.807) is 19.2 Å². The van der Waals surface area contributed by atoms with Crippen molar-refractivity contribution < 1.29 is 19.1 Å². The monoisotopic (exact) mass is 296 g/mol. The Labute approximate surface area is 123 Å². The van der Waals surface area contributed by atoms with Crippen molar-refractivity contribution in [3.8, 4) is 0 Å². The van der Waals surface area contributed by atoms with Crippen LogP contribution in [0.3, 0.4) is 0 Å². The van der Waals surface area contributed by atoms with Crippen molar-refractivity contribution >= 4 is 12.0 Å². The second-order valence-corrected chi connectivity index (χ2v) is 5.38. The molecule has 5 nitrogen and oxygen atoms in total. The molecule has 21 heavy (non-hydrogen) atoms. The summed E-state index contributed by atoms with van der Waals surface area (Å²) in [5, 5.41) is 11.6. The minimum Gasteiger partial charge on any atom is -0.481 e. The van der Waals surface area contributed by atoms with Crippen LogP contribution in [0.5, 0.6) is 0 Å². The van der Waals surface area contributed by atoms with Crippen molar-refractivity contribution in [2.75, 3.05) is 7.05 Å². The third kappa shape index (κ3) is 5.81. The molecule has 6 heteroatoms. The Kier molecular flexibility index (Phi) is 6.14. The van der Waals surface area contributed by atoms with Crippen LogP contribution in [0.15, 0.2) is 24.3 Å². The topological polar surface area (TPSA) is 69.6 Å². The quantitative estimate of drug-likeness (QED) is 0.847. The normalized spacial score (nSPS) is 12.0. The van der Waals surface area contributed by atoms with Gasteiger partial charge in [0.25, 0.3) is 0 Å². The van der Waals surface area contributed by atoms with Crippen LogP contribution in [0, 0.1) is 11.7 Å². The second kappa shape index (κ2) is 7.61. The first-order valence-electron chi connectivity index (χ1n) is 6.77. The zero-order valence-corrected chi connectivity index (χ0v) is 12.5. The van der Waals surface area contributed by atoms with Crippen molar-refractivity contribution in [1.29, 1.82) is 0 Å². The zero-order chi connectivity index (χ0) is 16.0. The van der Waals surface area contributed by atoms with Crippen LogP contribution in [0.4, 0.5) is 9.18 Å². The molecule has 1 aromatic rings. The van der Waals surface area contributed by atoms with E-state index in [9.17, 15) is 14.0 Å². The highest BCUT2D eigenvalue weighted by atomic mass is 19.1. The average Bonchev–Trinajstić information content (AvgIpc) is 2.39. The molecule has 1 atom stereocenters. The first-order valence-corrected chi connectivity index (χ1v) is 6.77. The van der Waals surface area contributed by atoms with Crippen molar-refractivity contribution in [3.05, 3.63) is 35.6 Å². The lowest BCUT2D eigenvalue weighted by molar-refractivity contribution is -0.137. The SMILES string of the molecule is CC(C)C(CC(=O)O)NC(=O)N(C)Cc1ccc(F)cc1. The van der Waals surface area contributed by atoms with Crippen LogP contribution < -0.4 is 5.32 Å². The highest BCUT2D eigenvalue weighted by Crippen LogP contribution is 2.09. The van der Waals surface area contributed by atoms with Gasteiger partial charge in [-0.15, -0.1) is 0 Å². The maximum Gasteiger partial charge on any atom is 0.317 e. The number of carbonyl (C=O) groups excluding carboxylic acids is 1. The van der Waals surface area contributed by atoms with Crippen molar-refractivity contribution in [2.45, 2.75) is 32.9 Å². The molecule has 0 heterocycles. The van der Waals surface area contributed by atoms with E-state index in [0.717, 1.165) is 5.56 Å². The van der Waals surface area contributed by atoms with Gasteiger partial charge in [-0.3, -0.25) is 4.79 Å². The molecule has 0 aliphatic rings. The number of nitrogens with zero attached hydrogens (tertiary/aromatic N) is 1. The summed E-state index contributed by atoms with van der Waals surface area (Å²) in [5.74, 6) is -1.26. The van der Waals surface area contributed by atoms with E-state index in [2.05, 4.69) is 5.32 Å². The lowest BCUT2D eigenvalue weighted by Gasteiger charge is -2.25. The number of rotatable bonds is 6. The van der Waals surface area contributed by atoms with Gasteiger partial charge in [0, 0.05) is 19.6 Å². The first-order chi connectivity index (χ1) is 9.79. The number of nitrogens with one attached hydrogen (secondary N) is 1. The largest absolute Gasteiger partial charge is 0.481 e. The summed E-state index contributed by atoms with van der Waals surface area (Å²) < 4.78 is 12.8. The van der Waals surface area contributed by atoms with Gasteiger partial charge in [0.05, 0.1) is 6.42 Å². The summed E-state index contributed by atoms with van der Waals surface area (Å²) in [5.41, 5.74) is 0.799. The number of urea groups is 1. The smallest absolute Gasteiger partial charge is 0.317 e. The van der Waals surface area contributed by atoms with Crippen LogP contribution in [0.2, 0.25) is 0 Å². The summed E-state index contributed by atoms with van der Waals surface area (Å²) in [6.45, 7) is 4.03. The van der Waals surface area contributed by atoms with Crippen LogP contribution >= 0.6 is 0 Å². The molecule has 0 aromatic heterocycles. The first kappa shape index (κ1) is 16.9. The molecular formula is C15H21FN2O3. The molecule has 0 saturated heterocycles. The van der Waals surface area contributed by atoms with E-state index in [0.29, 0.717) is 6.54 Å². The molecule has 0 radical (unpaired) electrons. The number of carboxylic acid groups (broad SMARTS) is 1. The Bertz CT molecular complexity index is 488. The van der Waals surface area contributed by atoms with E-state index in [-0.39, 0.29) is 24.2 Å². The number of amides is 2. The molecule has 1 unspecified atom stereocenters. The van der Waals surface area contributed by atoms with E-state index in [1.807, 2.05) is 13.8 Å². The third-order valence-corrected chi connectivity index (χ3v) is 3.19. The number of halogens is 1. The summed E-state index contributed by atoms with van der Waals surface area (Å²) in [7, 11) is 1.61. The fraction of sp³-hybridized carbons (Fsp3) is 0.467. The lowest BCUT2D eigenvalue weighted by Crippen LogP contribution is -2.45. The molecule has 0 saturated carbocycles. The minimum absolute atomic E-state index is 0.0178. The highest BCUT2D eigenvalue weighted by Gasteiger charge is 2.21. The van der Waals surface area contributed by atoms with Gasteiger partial charge in [0.1, 0.15) is 5.82 Å². The zero-order valence-electron chi connectivity index (χ0n) is 12.5. The molecular weight excluding hydrogens is 275 g/mol. The maximum atomic E-state index is 12.8. The van der Waals surface area contributed by atoms with Crippen molar-refractivity contribution in [3.63, 3.8) is 0 Å². The van der Waals surface area contributed by atoms with Crippen molar-refractivity contribution in [2.24, 2.45) is 5.92 Å². The molecule has 2 N–H and O–H groups in total. The van der Waals surface area contributed by atoms with E-state index in [4.69, 9.17) is 5.11 Å². The molecule has 1 aromatic carbocycles. The Morgan fingerprint density at radius 3 is 2.33 bits per heavy atom. The molecule has 0 spiro atoms. The predicted octanol–water partition coefficient (Wildman–Crippen LogP) is 2.47. The standard InChI is InChI=1S/C15H21FN2O3/c1-10(2)13(8-14(19)20)17-15(21)18(3)9-11-4-6-12(16)7-5-11/h4-7,10,13H,8-9H2,1-3H3,(H,17,21)(H,19,20). The third-order valence-electron chi connectivity index (χ3n) is 3.19. The summed E-state index contributed by atoms with van der Waals surface area (Å²) in [4.78, 5) is 24.3. The average molecular weight is 296 g/mol. The fourth-order valence-corrected chi connectivity index (χ4v) is 1.85. The molecule has 0 aliphatic heterocycles. The van der Waals surface area contributed by atoms with Gasteiger partial charge in [-0.25, -0.2) is 9.18 Å². The van der Waals surface area contributed by atoms with E-state index >= 15 is 0 Å². The summed E-state index contributed by atoms with van der Waals surface area (Å²) in [6.07, 6.45) is -0.117. The Balaban J connectivity index is 2.60. The molecule has 0 aliphatic carbocycles. The molecule has 0 bridgehead atoms. The van der Waals surface area contributed by atoms with Gasteiger partial charge >= 0.3 is 12.0 Å². The van der Waals surface area contributed by atoms with Gasteiger partial charge in [-0.05, 0) is 23.6 Å². The predicted molar refractivity (Wildman–Crippen MR) is 77.3 cm³/mol. The molecule has 1 rings (SSSR count). The van der Waals surface area contributed by atoms with E-state index < -0.39 is 12.0 Å². The van der Waals surface area contributed by atoms with Gasteiger partial charge < -0.3 is 15.3 Å². The number of hydrogen-bond donors (Lipinski definition) is 2. The van der Waals surface area contributed by atoms with Crippen LogP contribution in [-0.2, 0) is 11.3 Å². The summed E-state index contributed by atoms with van der Waals surface area (Å²) >= 11 is 0. The Morgan fingerprint density at radius 2 is 1.86 bits per heavy atom. The number of carbonyl (C=O) groups is 2. The van der Waals surface area contributed by atoms with Gasteiger partial charge in [0.15, 0.2) is 0 Å². The van der Waals surface area contributed by atoms with Crippen molar-refractivity contribution in [1.82, 2.24) is 10.2 Å². The minimum atomic E-state index is -0.949. The maximum absolute atomic E-state index is 12.8. The molecule has 116 valence electrons.